The van der Waals surface area contributed by atoms with Gasteiger partial charge in [0.25, 0.3) is 0 Å². The van der Waals surface area contributed by atoms with Gasteiger partial charge in [0.2, 0.25) is 0 Å². The standard InChI is InChI=1S/C40H44O/c1-25-20-22-39(2)30(24-25)15-17-32-33-18-19-35(40(33,3)23-21-34(32)39)36(41)9-5-6-26-10-11-29-13-12-27-7-4-8-28-14-16-31(26)38(29)37(27)28/h4-5,7-16,25,32-35H,6,17-24H2,1-3H3/b9-5+/t25-,32-,33-,34-,35+,39-,40-/m0/s1. The first kappa shape index (κ1) is 25.8. The van der Waals surface area contributed by atoms with Gasteiger partial charge in [-0.15, -0.1) is 0 Å². The summed E-state index contributed by atoms with van der Waals surface area (Å²) in [5, 5.41) is 7.97. The summed E-state index contributed by atoms with van der Waals surface area (Å²) in [6.07, 6.45) is 17.8. The molecule has 8 rings (SSSR count). The molecular weight excluding hydrogens is 496 g/mol. The summed E-state index contributed by atoms with van der Waals surface area (Å²) in [5.41, 5.74) is 3.68. The Morgan fingerprint density at radius 3 is 2.44 bits per heavy atom. The van der Waals surface area contributed by atoms with Crippen LogP contribution in [0.3, 0.4) is 0 Å². The van der Waals surface area contributed by atoms with Gasteiger partial charge in [-0.2, -0.15) is 0 Å². The fraction of sp³-hybridized carbons (Fsp3) is 0.475. The summed E-state index contributed by atoms with van der Waals surface area (Å²) in [7, 11) is 0. The van der Waals surface area contributed by atoms with E-state index in [0.717, 1.165) is 30.6 Å². The van der Waals surface area contributed by atoms with Crippen molar-refractivity contribution in [3.63, 3.8) is 0 Å². The molecule has 0 heterocycles. The average Bonchev–Trinajstić information content (AvgIpc) is 3.34. The molecule has 0 aliphatic heterocycles. The first-order chi connectivity index (χ1) is 19.9. The van der Waals surface area contributed by atoms with Gasteiger partial charge in [-0.25, -0.2) is 0 Å². The fourth-order valence-corrected chi connectivity index (χ4v) is 10.7. The Kier molecular flexibility index (Phi) is 5.83. The quantitative estimate of drug-likeness (QED) is 0.143. The van der Waals surface area contributed by atoms with Crippen LogP contribution in [-0.2, 0) is 11.2 Å². The Hall–Kier alpha value is -2.93. The molecule has 4 aliphatic carbocycles. The van der Waals surface area contributed by atoms with E-state index in [1.54, 1.807) is 5.57 Å². The Balaban J connectivity index is 1.03. The molecule has 0 N–H and O–H groups in total. The van der Waals surface area contributed by atoms with E-state index >= 15 is 0 Å². The minimum atomic E-state index is 0.166. The number of carbonyl (C=O) groups excluding carboxylic acids is 1. The monoisotopic (exact) mass is 540 g/mol. The first-order valence-electron chi connectivity index (χ1n) is 16.4. The predicted octanol–water partition coefficient (Wildman–Crippen LogP) is 10.5. The maximum Gasteiger partial charge on any atom is 0.159 e. The van der Waals surface area contributed by atoms with Crippen LogP contribution in [0.4, 0.5) is 0 Å². The van der Waals surface area contributed by atoms with Crippen molar-refractivity contribution >= 4 is 38.1 Å². The van der Waals surface area contributed by atoms with Gasteiger partial charge in [-0.05, 0) is 136 Å². The van der Waals surface area contributed by atoms with E-state index in [2.05, 4.69) is 87.5 Å². The Morgan fingerprint density at radius 2 is 1.61 bits per heavy atom. The minimum Gasteiger partial charge on any atom is -0.295 e. The molecule has 4 aliphatic rings. The Bertz CT molecular complexity index is 1710. The lowest BCUT2D eigenvalue weighted by atomic mass is 9.47. The van der Waals surface area contributed by atoms with E-state index < -0.39 is 0 Å². The van der Waals surface area contributed by atoms with Crippen LogP contribution in [0.1, 0.15) is 77.7 Å². The first-order valence-corrected chi connectivity index (χ1v) is 16.4. The van der Waals surface area contributed by atoms with Crippen molar-refractivity contribution in [1.82, 2.24) is 0 Å². The summed E-state index contributed by atoms with van der Waals surface area (Å²) in [6, 6.07) is 20.1. The molecule has 41 heavy (non-hydrogen) atoms. The maximum atomic E-state index is 13.8. The summed E-state index contributed by atoms with van der Waals surface area (Å²) in [4.78, 5) is 13.8. The second-order valence-electron chi connectivity index (χ2n) is 14.9. The number of fused-ring (bicyclic) bond motifs is 5. The zero-order chi connectivity index (χ0) is 27.9. The number of benzene rings is 4. The van der Waals surface area contributed by atoms with Crippen LogP contribution in [0, 0.1) is 40.4 Å². The van der Waals surface area contributed by atoms with Crippen LogP contribution < -0.4 is 0 Å². The molecule has 0 unspecified atom stereocenters. The molecule has 0 bridgehead atoms. The Labute approximate surface area is 245 Å². The second-order valence-corrected chi connectivity index (χ2v) is 14.9. The van der Waals surface area contributed by atoms with Gasteiger partial charge >= 0.3 is 0 Å². The van der Waals surface area contributed by atoms with Gasteiger partial charge in [0.15, 0.2) is 5.78 Å². The molecule has 4 aromatic carbocycles. The van der Waals surface area contributed by atoms with Crippen LogP contribution in [-0.4, -0.2) is 5.78 Å². The van der Waals surface area contributed by atoms with Gasteiger partial charge in [0.05, 0.1) is 0 Å². The smallest absolute Gasteiger partial charge is 0.159 e. The van der Waals surface area contributed by atoms with Gasteiger partial charge in [-0.3, -0.25) is 4.79 Å². The van der Waals surface area contributed by atoms with E-state index in [0.29, 0.717) is 17.1 Å². The molecular formula is C40H44O. The van der Waals surface area contributed by atoms with E-state index in [1.165, 1.54) is 82.8 Å². The maximum absolute atomic E-state index is 13.8. The highest BCUT2D eigenvalue weighted by atomic mass is 16.1. The number of hydrogen-bond donors (Lipinski definition) is 0. The summed E-state index contributed by atoms with van der Waals surface area (Å²) < 4.78 is 0. The van der Waals surface area contributed by atoms with Gasteiger partial charge < -0.3 is 0 Å². The number of allylic oxidation sites excluding steroid dienone is 4. The van der Waals surface area contributed by atoms with E-state index in [1.807, 2.05) is 6.08 Å². The molecule has 1 heteroatoms. The number of ketones is 1. The highest BCUT2D eigenvalue weighted by molar-refractivity contribution is 6.23. The van der Waals surface area contributed by atoms with Crippen molar-refractivity contribution in [3.05, 3.63) is 84.0 Å². The molecule has 3 saturated carbocycles. The van der Waals surface area contributed by atoms with Gasteiger partial charge in [-0.1, -0.05) is 93.1 Å². The fourth-order valence-electron chi connectivity index (χ4n) is 10.7. The largest absolute Gasteiger partial charge is 0.295 e. The molecule has 0 amide bonds. The van der Waals surface area contributed by atoms with E-state index in [-0.39, 0.29) is 11.3 Å². The van der Waals surface area contributed by atoms with Crippen molar-refractivity contribution in [3.8, 4) is 0 Å². The normalized spacial score (nSPS) is 35.1. The number of hydrogen-bond acceptors (Lipinski definition) is 1. The van der Waals surface area contributed by atoms with Crippen LogP contribution in [0.25, 0.3) is 32.3 Å². The molecule has 0 saturated heterocycles. The number of carbonyl (C=O) groups is 1. The third-order valence-corrected chi connectivity index (χ3v) is 12.9. The van der Waals surface area contributed by atoms with Gasteiger partial charge in [0.1, 0.15) is 0 Å². The molecule has 0 radical (unpaired) electrons. The summed E-state index contributed by atoms with van der Waals surface area (Å²) in [5.74, 6) is 3.73. The summed E-state index contributed by atoms with van der Waals surface area (Å²) in [6.45, 7) is 7.53. The number of rotatable bonds is 4. The zero-order valence-electron chi connectivity index (χ0n) is 25.1. The highest BCUT2D eigenvalue weighted by Gasteiger charge is 2.59. The van der Waals surface area contributed by atoms with Crippen LogP contribution in [0.5, 0.6) is 0 Å². The lowest BCUT2D eigenvalue weighted by molar-refractivity contribution is -0.124. The van der Waals surface area contributed by atoms with Crippen molar-refractivity contribution < 1.29 is 4.79 Å². The predicted molar refractivity (Wildman–Crippen MR) is 172 cm³/mol. The minimum absolute atomic E-state index is 0.166. The topological polar surface area (TPSA) is 17.1 Å². The molecule has 1 nitrogen and oxygen atoms in total. The van der Waals surface area contributed by atoms with Crippen LogP contribution in [0.15, 0.2) is 78.4 Å². The molecule has 210 valence electrons. The Morgan fingerprint density at radius 1 is 0.854 bits per heavy atom. The molecule has 0 spiro atoms. The average molecular weight is 541 g/mol. The zero-order valence-corrected chi connectivity index (χ0v) is 25.1. The molecule has 0 aromatic heterocycles. The van der Waals surface area contributed by atoms with E-state index in [4.69, 9.17) is 0 Å². The second kappa shape index (κ2) is 9.29. The third kappa shape index (κ3) is 3.76. The van der Waals surface area contributed by atoms with Crippen molar-refractivity contribution in [2.24, 2.45) is 40.4 Å². The molecule has 3 fully saturated rings. The van der Waals surface area contributed by atoms with Crippen molar-refractivity contribution in [2.45, 2.75) is 78.6 Å². The third-order valence-electron chi connectivity index (χ3n) is 12.9. The SMILES string of the molecule is C[C@H]1CC[C@@]2(C)C(=CC[C@H]3[C@@H]4CC[C@H](C(=O)/C=C/Cc5ccc6ccc7cccc8ccc5c6c78)[C@@]4(C)CC[C@@H]32)C1. The van der Waals surface area contributed by atoms with Gasteiger partial charge in [0, 0.05) is 5.92 Å². The summed E-state index contributed by atoms with van der Waals surface area (Å²) >= 11 is 0. The molecule has 4 aromatic rings. The van der Waals surface area contributed by atoms with Crippen molar-refractivity contribution in [1.29, 1.82) is 0 Å². The van der Waals surface area contributed by atoms with Crippen LogP contribution in [0.2, 0.25) is 0 Å². The lowest BCUT2D eigenvalue weighted by Gasteiger charge is -2.58. The van der Waals surface area contributed by atoms with E-state index in [9.17, 15) is 4.79 Å². The lowest BCUT2D eigenvalue weighted by Crippen LogP contribution is -2.50. The van der Waals surface area contributed by atoms with Crippen LogP contribution >= 0.6 is 0 Å². The molecule has 7 atom stereocenters. The highest BCUT2D eigenvalue weighted by Crippen LogP contribution is 2.66. The van der Waals surface area contributed by atoms with Crippen molar-refractivity contribution in [2.75, 3.05) is 0 Å².